The average molecular weight is 355 g/mol. The van der Waals surface area contributed by atoms with Crippen LogP contribution in [-0.4, -0.2) is 40.8 Å². The molecule has 6 nitrogen and oxygen atoms in total. The van der Waals surface area contributed by atoms with Crippen LogP contribution in [0.2, 0.25) is 5.02 Å². The number of fused-ring (bicyclic) bond motifs is 1. The molecule has 1 saturated heterocycles. The number of benzene rings is 1. The first kappa shape index (κ1) is 16.6. The lowest BCUT2D eigenvalue weighted by atomic mass is 10.3. The summed E-state index contributed by atoms with van der Waals surface area (Å²) in [4.78, 5) is 0.0234. The van der Waals surface area contributed by atoms with Gasteiger partial charge in [0.15, 0.2) is 11.5 Å². The largest absolute Gasteiger partial charge is 0.486 e. The molecule has 0 radical (unpaired) electrons. The minimum atomic E-state index is -3.67. The highest BCUT2D eigenvalue weighted by Crippen LogP contribution is 2.37. The first-order valence-corrected chi connectivity index (χ1v) is 8.24. The zero-order chi connectivity index (χ0) is 14.2. The van der Waals surface area contributed by atoms with Crippen molar-refractivity contribution in [3.8, 4) is 11.5 Å². The molecule has 0 amide bonds. The smallest absolute Gasteiger partial charge is 0.242 e. The van der Waals surface area contributed by atoms with Gasteiger partial charge in [0.05, 0.1) is 5.02 Å². The van der Waals surface area contributed by atoms with Gasteiger partial charge < -0.3 is 14.8 Å². The predicted octanol–water partition coefficient (Wildman–Crippen LogP) is 1.17. The van der Waals surface area contributed by atoms with Crippen LogP contribution in [0.4, 0.5) is 0 Å². The van der Waals surface area contributed by atoms with Crippen LogP contribution < -0.4 is 19.5 Å². The molecule has 2 N–H and O–H groups in total. The Morgan fingerprint density at radius 3 is 2.52 bits per heavy atom. The summed E-state index contributed by atoms with van der Waals surface area (Å²) in [6, 6.07) is 2.79. The van der Waals surface area contributed by atoms with Crippen molar-refractivity contribution in [2.45, 2.75) is 17.4 Å². The van der Waals surface area contributed by atoms with Gasteiger partial charge in [0.1, 0.15) is 18.1 Å². The lowest BCUT2D eigenvalue weighted by Crippen LogP contribution is -2.36. The van der Waals surface area contributed by atoms with E-state index in [0.717, 1.165) is 13.0 Å². The molecule has 1 aromatic rings. The monoisotopic (exact) mass is 354 g/mol. The second-order valence-corrected chi connectivity index (χ2v) is 6.83. The van der Waals surface area contributed by atoms with E-state index in [0.29, 0.717) is 31.3 Å². The van der Waals surface area contributed by atoms with Crippen LogP contribution in [0, 0.1) is 0 Å². The summed E-state index contributed by atoms with van der Waals surface area (Å²) in [7, 11) is -3.67. The Kier molecular flexibility index (Phi) is 5.21. The molecule has 3 rings (SSSR count). The number of nitrogens with one attached hydrogen (secondary N) is 2. The van der Waals surface area contributed by atoms with Crippen LogP contribution in [-0.2, 0) is 10.0 Å². The number of rotatable bonds is 3. The number of halogens is 2. The van der Waals surface area contributed by atoms with Crippen molar-refractivity contribution in [2.75, 3.05) is 26.3 Å². The van der Waals surface area contributed by atoms with Gasteiger partial charge in [0.2, 0.25) is 10.0 Å². The Hall–Kier alpha value is -0.730. The number of hydrogen-bond donors (Lipinski definition) is 2. The SMILES string of the molecule is Cl.O=S(=O)(NC1CCNC1)c1cc2c(cc1Cl)OCCO2. The average Bonchev–Trinajstić information content (AvgIpc) is 2.90. The molecule has 0 aliphatic carbocycles. The van der Waals surface area contributed by atoms with Crippen molar-refractivity contribution < 1.29 is 17.9 Å². The quantitative estimate of drug-likeness (QED) is 0.851. The van der Waals surface area contributed by atoms with Crippen molar-refractivity contribution in [3.63, 3.8) is 0 Å². The lowest BCUT2D eigenvalue weighted by molar-refractivity contribution is 0.171. The summed E-state index contributed by atoms with van der Waals surface area (Å²) in [6.07, 6.45) is 0.765. The fraction of sp³-hybridized carbons (Fsp3) is 0.500. The first-order valence-electron chi connectivity index (χ1n) is 6.38. The van der Waals surface area contributed by atoms with E-state index in [9.17, 15) is 8.42 Å². The van der Waals surface area contributed by atoms with Crippen LogP contribution >= 0.6 is 24.0 Å². The van der Waals surface area contributed by atoms with Gasteiger partial charge in [0, 0.05) is 24.7 Å². The molecule has 9 heteroatoms. The third kappa shape index (κ3) is 3.54. The highest BCUT2D eigenvalue weighted by Gasteiger charge is 2.27. The number of sulfonamides is 1. The predicted molar refractivity (Wildman–Crippen MR) is 81.3 cm³/mol. The van der Waals surface area contributed by atoms with Gasteiger partial charge in [-0.1, -0.05) is 11.6 Å². The van der Waals surface area contributed by atoms with Gasteiger partial charge in [-0.25, -0.2) is 13.1 Å². The molecule has 2 aliphatic heterocycles. The molecule has 0 spiro atoms. The van der Waals surface area contributed by atoms with Gasteiger partial charge in [-0.2, -0.15) is 0 Å². The summed E-state index contributed by atoms with van der Waals surface area (Å²) in [5.74, 6) is 0.883. The van der Waals surface area contributed by atoms with E-state index in [4.69, 9.17) is 21.1 Å². The van der Waals surface area contributed by atoms with Gasteiger partial charge in [-0.15, -0.1) is 12.4 Å². The van der Waals surface area contributed by atoms with Crippen LogP contribution in [0.3, 0.4) is 0 Å². The zero-order valence-electron chi connectivity index (χ0n) is 11.1. The Balaban J connectivity index is 0.00000161. The second-order valence-electron chi connectivity index (χ2n) is 4.74. The maximum absolute atomic E-state index is 12.4. The molecule has 1 fully saturated rings. The molecular weight excluding hydrogens is 339 g/mol. The second kappa shape index (κ2) is 6.58. The van der Waals surface area contributed by atoms with Gasteiger partial charge in [0.25, 0.3) is 0 Å². The van der Waals surface area contributed by atoms with Crippen LogP contribution in [0.1, 0.15) is 6.42 Å². The van der Waals surface area contributed by atoms with E-state index in [1.807, 2.05) is 0 Å². The Labute approximate surface area is 134 Å². The fourth-order valence-electron chi connectivity index (χ4n) is 2.29. The topological polar surface area (TPSA) is 76.7 Å². The molecule has 0 saturated carbocycles. The Morgan fingerprint density at radius 1 is 1.24 bits per heavy atom. The van der Waals surface area contributed by atoms with E-state index in [1.54, 1.807) is 0 Å². The molecule has 2 heterocycles. The van der Waals surface area contributed by atoms with Crippen LogP contribution in [0.5, 0.6) is 11.5 Å². The first-order chi connectivity index (χ1) is 9.56. The molecule has 2 aliphatic rings. The molecule has 1 unspecified atom stereocenters. The van der Waals surface area contributed by atoms with Crippen molar-refractivity contribution in [3.05, 3.63) is 17.2 Å². The standard InChI is InChI=1S/C12H15ClN2O4S.ClH/c13-9-5-10-11(19-4-3-18-10)6-12(9)20(16,17)15-8-1-2-14-7-8;/h5-6,8,14-15H,1-4,7H2;1H. The van der Waals surface area contributed by atoms with Crippen molar-refractivity contribution >= 4 is 34.0 Å². The minimum absolute atomic E-state index is 0. The summed E-state index contributed by atoms with van der Waals surface area (Å²) in [6.45, 7) is 2.26. The van der Waals surface area contributed by atoms with Crippen molar-refractivity contribution in [1.29, 1.82) is 0 Å². The fourth-order valence-corrected chi connectivity index (χ4v) is 4.09. The maximum Gasteiger partial charge on any atom is 0.242 e. The highest BCUT2D eigenvalue weighted by molar-refractivity contribution is 7.89. The Morgan fingerprint density at radius 2 is 1.90 bits per heavy atom. The maximum atomic E-state index is 12.4. The summed E-state index contributed by atoms with van der Waals surface area (Å²) in [5.41, 5.74) is 0. The van der Waals surface area contributed by atoms with E-state index < -0.39 is 10.0 Å². The van der Waals surface area contributed by atoms with Crippen molar-refractivity contribution in [2.24, 2.45) is 0 Å². The molecule has 0 bridgehead atoms. The summed E-state index contributed by atoms with van der Waals surface area (Å²) < 4.78 is 38.2. The molecule has 1 aromatic carbocycles. The molecule has 21 heavy (non-hydrogen) atoms. The summed E-state index contributed by atoms with van der Waals surface area (Å²) >= 11 is 6.06. The molecule has 0 aromatic heterocycles. The molecule has 118 valence electrons. The van der Waals surface area contributed by atoms with E-state index >= 15 is 0 Å². The van der Waals surface area contributed by atoms with Crippen LogP contribution in [0.25, 0.3) is 0 Å². The third-order valence-corrected chi connectivity index (χ3v) is 5.25. The van der Waals surface area contributed by atoms with E-state index in [-0.39, 0.29) is 28.4 Å². The van der Waals surface area contributed by atoms with Gasteiger partial charge in [-0.3, -0.25) is 0 Å². The van der Waals surface area contributed by atoms with Gasteiger partial charge >= 0.3 is 0 Å². The van der Waals surface area contributed by atoms with E-state index in [1.165, 1.54) is 12.1 Å². The number of hydrogen-bond acceptors (Lipinski definition) is 5. The van der Waals surface area contributed by atoms with E-state index in [2.05, 4.69) is 10.0 Å². The minimum Gasteiger partial charge on any atom is -0.486 e. The zero-order valence-corrected chi connectivity index (χ0v) is 13.5. The van der Waals surface area contributed by atoms with Gasteiger partial charge in [-0.05, 0) is 13.0 Å². The molecule has 1 atom stereocenters. The Bertz CT molecular complexity index is 618. The molecular formula is C12H16Cl2N2O4S. The lowest BCUT2D eigenvalue weighted by Gasteiger charge is -2.20. The summed E-state index contributed by atoms with van der Waals surface area (Å²) in [5, 5.41) is 3.24. The van der Waals surface area contributed by atoms with Crippen LogP contribution in [0.15, 0.2) is 17.0 Å². The normalized spacial score (nSPS) is 20.9. The third-order valence-electron chi connectivity index (χ3n) is 3.27. The highest BCUT2D eigenvalue weighted by atomic mass is 35.5. The number of ether oxygens (including phenoxy) is 2. The van der Waals surface area contributed by atoms with Crippen molar-refractivity contribution in [1.82, 2.24) is 10.0 Å².